The lowest BCUT2D eigenvalue weighted by atomic mass is 9.93. The van der Waals surface area contributed by atoms with E-state index in [9.17, 15) is 4.79 Å². The molecule has 2 rings (SSSR count). The molecule has 106 valence electrons. The van der Waals surface area contributed by atoms with E-state index in [1.807, 2.05) is 17.5 Å². The molecule has 1 aliphatic heterocycles. The number of unbranched alkanes of at least 4 members (excludes halogenated alkanes) is 1. The lowest BCUT2D eigenvalue weighted by Crippen LogP contribution is -2.20. The van der Waals surface area contributed by atoms with Crippen LogP contribution in [-0.2, 0) is 9.53 Å². The first kappa shape index (κ1) is 14.7. The van der Waals surface area contributed by atoms with Crippen LogP contribution in [0.1, 0.15) is 49.4 Å². The Morgan fingerprint density at radius 2 is 2.21 bits per heavy atom. The third-order valence-electron chi connectivity index (χ3n) is 3.82. The number of ketones is 1. The SMILES string of the molecule is NC(C(=O)CCCCC1CCOCC1)c1cccs1. The molecule has 2 N–H and O–H groups in total. The quantitative estimate of drug-likeness (QED) is 0.780. The maximum absolute atomic E-state index is 12.0. The van der Waals surface area contributed by atoms with Gasteiger partial charge in [-0.15, -0.1) is 11.3 Å². The molecule has 0 amide bonds. The van der Waals surface area contributed by atoms with E-state index < -0.39 is 6.04 Å². The molecular formula is C15H23NO2S. The molecule has 1 aliphatic rings. The highest BCUT2D eigenvalue weighted by Gasteiger charge is 2.17. The van der Waals surface area contributed by atoms with Crippen LogP contribution < -0.4 is 5.73 Å². The van der Waals surface area contributed by atoms with Crippen molar-refractivity contribution < 1.29 is 9.53 Å². The molecule has 1 aromatic heterocycles. The van der Waals surface area contributed by atoms with E-state index in [0.717, 1.165) is 36.9 Å². The lowest BCUT2D eigenvalue weighted by molar-refractivity contribution is -0.120. The van der Waals surface area contributed by atoms with Crippen LogP contribution in [0.2, 0.25) is 0 Å². The summed E-state index contributed by atoms with van der Waals surface area (Å²) >= 11 is 1.56. The minimum atomic E-state index is -0.414. The maximum Gasteiger partial charge on any atom is 0.154 e. The monoisotopic (exact) mass is 281 g/mol. The number of nitrogens with two attached hydrogens (primary N) is 1. The number of ether oxygens (including phenoxy) is 1. The molecule has 1 fully saturated rings. The summed E-state index contributed by atoms with van der Waals surface area (Å²) < 4.78 is 5.35. The van der Waals surface area contributed by atoms with Crippen LogP contribution in [-0.4, -0.2) is 19.0 Å². The van der Waals surface area contributed by atoms with Crippen LogP contribution in [0.5, 0.6) is 0 Å². The minimum absolute atomic E-state index is 0.175. The number of Topliss-reactive ketones (excluding diaryl/α,β-unsaturated/α-hetero) is 1. The summed E-state index contributed by atoms with van der Waals surface area (Å²) in [5, 5.41) is 1.97. The topological polar surface area (TPSA) is 52.3 Å². The number of rotatable bonds is 7. The van der Waals surface area contributed by atoms with Gasteiger partial charge >= 0.3 is 0 Å². The fourth-order valence-electron chi connectivity index (χ4n) is 2.55. The van der Waals surface area contributed by atoms with Gasteiger partial charge in [-0.3, -0.25) is 4.79 Å². The normalized spacial score (nSPS) is 18.4. The van der Waals surface area contributed by atoms with Crippen molar-refractivity contribution in [2.24, 2.45) is 11.7 Å². The first-order chi connectivity index (χ1) is 9.27. The predicted molar refractivity (Wildman–Crippen MR) is 78.3 cm³/mol. The molecule has 19 heavy (non-hydrogen) atoms. The Bertz CT molecular complexity index is 372. The Labute approximate surface area is 119 Å². The second kappa shape index (κ2) is 7.78. The van der Waals surface area contributed by atoms with Crippen molar-refractivity contribution in [2.45, 2.75) is 44.6 Å². The Balaban J connectivity index is 1.61. The second-order valence-electron chi connectivity index (χ2n) is 5.26. The van der Waals surface area contributed by atoms with Crippen LogP contribution >= 0.6 is 11.3 Å². The standard InChI is InChI=1S/C15H23NO2S/c16-15(14-6-3-11-19-14)13(17)5-2-1-4-12-7-9-18-10-8-12/h3,6,11-12,15H,1-2,4-5,7-10,16H2. The molecular weight excluding hydrogens is 258 g/mol. The van der Waals surface area contributed by atoms with E-state index in [4.69, 9.17) is 10.5 Å². The minimum Gasteiger partial charge on any atom is -0.381 e. The highest BCUT2D eigenvalue weighted by atomic mass is 32.1. The molecule has 2 heterocycles. The molecule has 3 nitrogen and oxygen atoms in total. The van der Waals surface area contributed by atoms with Crippen LogP contribution in [0.4, 0.5) is 0 Å². The highest BCUT2D eigenvalue weighted by Crippen LogP contribution is 2.23. The molecule has 0 radical (unpaired) electrons. The molecule has 1 aromatic rings. The summed E-state index contributed by atoms with van der Waals surface area (Å²) in [6, 6.07) is 3.47. The van der Waals surface area contributed by atoms with Gasteiger partial charge < -0.3 is 10.5 Å². The van der Waals surface area contributed by atoms with Crippen molar-refractivity contribution in [3.63, 3.8) is 0 Å². The Morgan fingerprint density at radius 3 is 2.89 bits per heavy atom. The van der Waals surface area contributed by atoms with Crippen LogP contribution in [0.15, 0.2) is 17.5 Å². The average molecular weight is 281 g/mol. The number of hydrogen-bond acceptors (Lipinski definition) is 4. The van der Waals surface area contributed by atoms with E-state index in [1.54, 1.807) is 11.3 Å². The Kier molecular flexibility index (Phi) is 6.01. The van der Waals surface area contributed by atoms with Gasteiger partial charge in [0.2, 0.25) is 0 Å². The van der Waals surface area contributed by atoms with Crippen molar-refractivity contribution in [1.82, 2.24) is 0 Å². The molecule has 0 saturated carbocycles. The summed E-state index contributed by atoms with van der Waals surface area (Å²) in [4.78, 5) is 12.9. The predicted octanol–water partition coefficient (Wildman–Crippen LogP) is 3.30. The van der Waals surface area contributed by atoms with Gasteiger partial charge in [0.1, 0.15) is 0 Å². The van der Waals surface area contributed by atoms with Crippen molar-refractivity contribution >= 4 is 17.1 Å². The third-order valence-corrected chi connectivity index (χ3v) is 4.78. The Hall–Kier alpha value is -0.710. The zero-order valence-corrected chi connectivity index (χ0v) is 12.2. The van der Waals surface area contributed by atoms with E-state index in [0.29, 0.717) is 6.42 Å². The third kappa shape index (κ3) is 4.71. The van der Waals surface area contributed by atoms with Crippen LogP contribution in [0.25, 0.3) is 0 Å². The molecule has 1 atom stereocenters. The molecule has 0 aromatic carbocycles. The smallest absolute Gasteiger partial charge is 0.154 e. The fraction of sp³-hybridized carbons (Fsp3) is 0.667. The Morgan fingerprint density at radius 1 is 1.42 bits per heavy atom. The largest absolute Gasteiger partial charge is 0.381 e. The summed E-state index contributed by atoms with van der Waals surface area (Å²) in [6.07, 6.45) is 6.31. The van der Waals surface area contributed by atoms with Gasteiger partial charge in [0.25, 0.3) is 0 Å². The zero-order valence-electron chi connectivity index (χ0n) is 11.3. The van der Waals surface area contributed by atoms with E-state index in [2.05, 4.69) is 0 Å². The summed E-state index contributed by atoms with van der Waals surface area (Å²) in [5.74, 6) is 0.976. The van der Waals surface area contributed by atoms with E-state index in [-0.39, 0.29) is 5.78 Å². The van der Waals surface area contributed by atoms with Gasteiger partial charge in [0.15, 0.2) is 5.78 Å². The molecule has 1 unspecified atom stereocenters. The number of carbonyl (C=O) groups is 1. The molecule has 0 aliphatic carbocycles. The van der Waals surface area contributed by atoms with E-state index in [1.165, 1.54) is 19.3 Å². The summed E-state index contributed by atoms with van der Waals surface area (Å²) in [6.45, 7) is 1.82. The van der Waals surface area contributed by atoms with E-state index >= 15 is 0 Å². The maximum atomic E-state index is 12.0. The summed E-state index contributed by atoms with van der Waals surface area (Å²) in [5.41, 5.74) is 5.95. The number of thiophene rings is 1. The van der Waals surface area contributed by atoms with Gasteiger partial charge in [0, 0.05) is 24.5 Å². The second-order valence-corrected chi connectivity index (χ2v) is 6.24. The molecule has 0 spiro atoms. The number of hydrogen-bond donors (Lipinski definition) is 1. The molecule has 4 heteroatoms. The van der Waals surface area contributed by atoms with Crippen LogP contribution in [0, 0.1) is 5.92 Å². The van der Waals surface area contributed by atoms with Gasteiger partial charge in [-0.1, -0.05) is 18.9 Å². The van der Waals surface area contributed by atoms with Crippen molar-refractivity contribution in [2.75, 3.05) is 13.2 Å². The van der Waals surface area contributed by atoms with Gasteiger partial charge in [0.05, 0.1) is 6.04 Å². The van der Waals surface area contributed by atoms with Crippen molar-refractivity contribution in [3.05, 3.63) is 22.4 Å². The van der Waals surface area contributed by atoms with Crippen LogP contribution in [0.3, 0.4) is 0 Å². The first-order valence-electron chi connectivity index (χ1n) is 7.17. The van der Waals surface area contributed by atoms with Gasteiger partial charge in [-0.05, 0) is 36.6 Å². The number of carbonyl (C=O) groups excluding carboxylic acids is 1. The van der Waals surface area contributed by atoms with Gasteiger partial charge in [-0.25, -0.2) is 0 Å². The van der Waals surface area contributed by atoms with Crippen molar-refractivity contribution in [3.8, 4) is 0 Å². The molecule has 1 saturated heterocycles. The zero-order chi connectivity index (χ0) is 13.5. The molecule has 0 bridgehead atoms. The lowest BCUT2D eigenvalue weighted by Gasteiger charge is -2.21. The van der Waals surface area contributed by atoms with Gasteiger partial charge in [-0.2, -0.15) is 0 Å². The summed E-state index contributed by atoms with van der Waals surface area (Å²) in [7, 11) is 0. The fourth-order valence-corrected chi connectivity index (χ4v) is 3.30. The first-order valence-corrected chi connectivity index (χ1v) is 8.05. The van der Waals surface area contributed by atoms with Crippen molar-refractivity contribution in [1.29, 1.82) is 0 Å². The highest BCUT2D eigenvalue weighted by molar-refractivity contribution is 7.10. The average Bonchev–Trinajstić information content (AvgIpc) is 2.98.